The van der Waals surface area contributed by atoms with Crippen molar-refractivity contribution in [3.63, 3.8) is 0 Å². The van der Waals surface area contributed by atoms with E-state index in [1.54, 1.807) is 6.07 Å². The molecule has 1 aliphatic carbocycles. The molecule has 0 spiro atoms. The second-order valence-corrected chi connectivity index (χ2v) is 5.73. The molecule has 0 unspecified atom stereocenters. The molecule has 110 valence electrons. The second kappa shape index (κ2) is 6.05. The monoisotopic (exact) mass is 302 g/mol. The summed E-state index contributed by atoms with van der Waals surface area (Å²) in [5.74, 6) is 1.22. The Bertz CT molecular complexity index is 681. The summed E-state index contributed by atoms with van der Waals surface area (Å²) in [6, 6.07) is 8.71. The molecule has 1 aromatic heterocycles. The van der Waals surface area contributed by atoms with Gasteiger partial charge in [-0.15, -0.1) is 11.6 Å². The number of benzene rings is 1. The summed E-state index contributed by atoms with van der Waals surface area (Å²) in [4.78, 5) is 7.07. The lowest BCUT2D eigenvalue weighted by Crippen LogP contribution is -2.29. The van der Waals surface area contributed by atoms with Gasteiger partial charge in [0.05, 0.1) is 17.0 Å². The third kappa shape index (κ3) is 2.76. The number of rotatable bonds is 6. The molecule has 0 bridgehead atoms. The van der Waals surface area contributed by atoms with E-state index in [-0.39, 0.29) is 0 Å². The van der Waals surface area contributed by atoms with Gasteiger partial charge in [-0.2, -0.15) is 5.26 Å². The van der Waals surface area contributed by atoms with Crippen LogP contribution in [0.5, 0.6) is 0 Å². The SMILES string of the molecule is CCN(CCn1c(CCl)nc2c(C#N)cccc21)C1CC1. The molecule has 0 atom stereocenters. The smallest absolute Gasteiger partial charge is 0.124 e. The van der Waals surface area contributed by atoms with Crippen LogP contribution in [0.4, 0.5) is 0 Å². The zero-order valence-electron chi connectivity index (χ0n) is 12.2. The molecule has 0 N–H and O–H groups in total. The first-order valence-electron chi connectivity index (χ1n) is 7.46. The van der Waals surface area contributed by atoms with Gasteiger partial charge in [0, 0.05) is 19.1 Å². The van der Waals surface area contributed by atoms with Gasteiger partial charge in [-0.25, -0.2) is 4.98 Å². The minimum Gasteiger partial charge on any atom is -0.326 e. The molecule has 1 aliphatic rings. The van der Waals surface area contributed by atoms with Crippen molar-refractivity contribution in [3.8, 4) is 6.07 Å². The number of aromatic nitrogens is 2. The lowest BCUT2D eigenvalue weighted by molar-refractivity contribution is 0.266. The van der Waals surface area contributed by atoms with E-state index < -0.39 is 0 Å². The summed E-state index contributed by atoms with van der Waals surface area (Å²) < 4.78 is 2.16. The fourth-order valence-electron chi connectivity index (χ4n) is 2.90. The van der Waals surface area contributed by atoms with Crippen LogP contribution in [0, 0.1) is 11.3 Å². The molecule has 21 heavy (non-hydrogen) atoms. The van der Waals surface area contributed by atoms with Gasteiger partial charge >= 0.3 is 0 Å². The minimum atomic E-state index is 0.370. The first kappa shape index (κ1) is 14.4. The number of likely N-dealkylation sites (N-methyl/N-ethyl adjacent to an activating group) is 1. The van der Waals surface area contributed by atoms with Crippen LogP contribution in [-0.4, -0.2) is 33.6 Å². The first-order chi connectivity index (χ1) is 10.3. The van der Waals surface area contributed by atoms with Crippen molar-refractivity contribution >= 4 is 22.6 Å². The van der Waals surface area contributed by atoms with Crippen molar-refractivity contribution in [1.82, 2.24) is 14.5 Å². The van der Waals surface area contributed by atoms with E-state index in [0.29, 0.717) is 11.4 Å². The molecule has 0 amide bonds. The van der Waals surface area contributed by atoms with E-state index in [9.17, 15) is 5.26 Å². The largest absolute Gasteiger partial charge is 0.326 e. The summed E-state index contributed by atoms with van der Waals surface area (Å²) in [5.41, 5.74) is 2.40. The van der Waals surface area contributed by atoms with Crippen LogP contribution in [0.25, 0.3) is 11.0 Å². The highest BCUT2D eigenvalue weighted by Crippen LogP contribution is 2.27. The molecule has 3 rings (SSSR count). The van der Waals surface area contributed by atoms with Crippen LogP contribution in [0.1, 0.15) is 31.2 Å². The number of hydrogen-bond acceptors (Lipinski definition) is 3. The normalized spacial score (nSPS) is 14.8. The number of fused-ring (bicyclic) bond motifs is 1. The van der Waals surface area contributed by atoms with Crippen molar-refractivity contribution in [3.05, 3.63) is 29.6 Å². The number of nitriles is 1. The van der Waals surface area contributed by atoms with Crippen LogP contribution in [0.2, 0.25) is 0 Å². The van der Waals surface area contributed by atoms with Gasteiger partial charge < -0.3 is 4.57 Å². The highest BCUT2D eigenvalue weighted by atomic mass is 35.5. The van der Waals surface area contributed by atoms with Gasteiger partial charge in [0.25, 0.3) is 0 Å². The minimum absolute atomic E-state index is 0.370. The van der Waals surface area contributed by atoms with Crippen LogP contribution in [0.15, 0.2) is 18.2 Å². The predicted octanol–water partition coefficient (Wildman–Crippen LogP) is 3.13. The third-order valence-electron chi connectivity index (χ3n) is 4.18. The van der Waals surface area contributed by atoms with Gasteiger partial charge in [0.1, 0.15) is 17.4 Å². The zero-order chi connectivity index (χ0) is 14.8. The standard InChI is InChI=1S/C16H19ClN4/c1-2-20(13-6-7-13)8-9-21-14-5-3-4-12(11-18)16(14)19-15(21)10-17/h3-5,13H,2,6-10H2,1H3. The van der Waals surface area contributed by atoms with Crippen molar-refractivity contribution < 1.29 is 0 Å². The molecular weight excluding hydrogens is 284 g/mol. The van der Waals surface area contributed by atoms with Gasteiger partial charge in [-0.3, -0.25) is 4.90 Å². The summed E-state index contributed by atoms with van der Waals surface area (Å²) in [6.45, 7) is 5.17. The Labute approximate surface area is 129 Å². The second-order valence-electron chi connectivity index (χ2n) is 5.46. The van der Waals surface area contributed by atoms with E-state index in [0.717, 1.165) is 42.5 Å². The zero-order valence-corrected chi connectivity index (χ0v) is 13.0. The maximum absolute atomic E-state index is 9.21. The van der Waals surface area contributed by atoms with Gasteiger partial charge in [0.2, 0.25) is 0 Å². The number of imidazole rings is 1. The fourth-order valence-corrected chi connectivity index (χ4v) is 3.11. The summed E-state index contributed by atoms with van der Waals surface area (Å²) >= 11 is 6.04. The summed E-state index contributed by atoms with van der Waals surface area (Å²) in [6.07, 6.45) is 2.64. The molecule has 0 aliphatic heterocycles. The van der Waals surface area contributed by atoms with Crippen LogP contribution >= 0.6 is 11.6 Å². The van der Waals surface area contributed by atoms with Crippen LogP contribution < -0.4 is 0 Å². The Hall–Kier alpha value is -1.57. The number of para-hydroxylation sites is 1. The van der Waals surface area contributed by atoms with E-state index in [1.807, 2.05) is 12.1 Å². The van der Waals surface area contributed by atoms with E-state index >= 15 is 0 Å². The topological polar surface area (TPSA) is 44.9 Å². The third-order valence-corrected chi connectivity index (χ3v) is 4.42. The van der Waals surface area contributed by atoms with Crippen molar-refractivity contribution in [1.29, 1.82) is 5.26 Å². The Morgan fingerprint density at radius 2 is 2.29 bits per heavy atom. The maximum Gasteiger partial charge on any atom is 0.124 e. The Balaban J connectivity index is 1.91. The lowest BCUT2D eigenvalue weighted by Gasteiger charge is -2.20. The molecule has 2 aromatic rings. The number of halogens is 1. The molecule has 4 nitrogen and oxygen atoms in total. The highest BCUT2D eigenvalue weighted by Gasteiger charge is 2.27. The van der Waals surface area contributed by atoms with Crippen molar-refractivity contribution in [2.75, 3.05) is 13.1 Å². The molecule has 5 heteroatoms. The first-order valence-corrected chi connectivity index (χ1v) is 8.00. The number of hydrogen-bond donors (Lipinski definition) is 0. The van der Waals surface area contributed by atoms with Crippen molar-refractivity contribution in [2.45, 2.75) is 38.2 Å². The van der Waals surface area contributed by atoms with Gasteiger partial charge in [0.15, 0.2) is 0 Å². The number of nitrogens with zero attached hydrogens (tertiary/aromatic N) is 4. The van der Waals surface area contributed by atoms with Crippen LogP contribution in [0.3, 0.4) is 0 Å². The number of alkyl halides is 1. The molecule has 1 fully saturated rings. The molecule has 1 aromatic carbocycles. The van der Waals surface area contributed by atoms with E-state index in [4.69, 9.17) is 11.6 Å². The van der Waals surface area contributed by atoms with E-state index in [2.05, 4.69) is 27.4 Å². The van der Waals surface area contributed by atoms with Gasteiger partial charge in [-0.05, 0) is 31.5 Å². The van der Waals surface area contributed by atoms with Gasteiger partial charge in [-0.1, -0.05) is 13.0 Å². The quantitative estimate of drug-likeness (QED) is 0.770. The van der Waals surface area contributed by atoms with E-state index in [1.165, 1.54) is 12.8 Å². The maximum atomic E-state index is 9.21. The summed E-state index contributed by atoms with van der Waals surface area (Å²) in [7, 11) is 0. The Morgan fingerprint density at radius 3 is 2.90 bits per heavy atom. The molecular formula is C16H19ClN4. The molecule has 0 saturated heterocycles. The fraction of sp³-hybridized carbons (Fsp3) is 0.500. The predicted molar refractivity (Wildman–Crippen MR) is 84.3 cm³/mol. The van der Waals surface area contributed by atoms with Crippen LogP contribution in [-0.2, 0) is 12.4 Å². The lowest BCUT2D eigenvalue weighted by atomic mass is 10.2. The molecule has 0 radical (unpaired) electrons. The molecule has 1 heterocycles. The summed E-state index contributed by atoms with van der Waals surface area (Å²) in [5, 5.41) is 9.21. The average Bonchev–Trinajstić information content (AvgIpc) is 3.29. The highest BCUT2D eigenvalue weighted by molar-refractivity contribution is 6.16. The molecule has 1 saturated carbocycles. The Morgan fingerprint density at radius 1 is 1.48 bits per heavy atom. The van der Waals surface area contributed by atoms with Crippen molar-refractivity contribution in [2.24, 2.45) is 0 Å². The Kier molecular flexibility index (Phi) is 4.14. The average molecular weight is 303 g/mol.